The monoisotopic (exact) mass is 220 g/mol. The predicted octanol–water partition coefficient (Wildman–Crippen LogP) is 0.811. The Balaban J connectivity index is 2.82. The fourth-order valence-electron chi connectivity index (χ4n) is 0.752. The molecule has 5 heteroatoms. The van der Waals surface area contributed by atoms with Crippen LogP contribution in [0.15, 0.2) is 4.47 Å². The van der Waals surface area contributed by atoms with Crippen LogP contribution >= 0.6 is 15.9 Å². The van der Waals surface area contributed by atoms with Crippen molar-refractivity contribution in [1.82, 2.24) is 10.2 Å². The highest BCUT2D eigenvalue weighted by Gasteiger charge is 2.07. The third-order valence-corrected chi connectivity index (χ3v) is 2.22. The summed E-state index contributed by atoms with van der Waals surface area (Å²) >= 11 is 3.28. The fourth-order valence-corrected chi connectivity index (χ4v) is 1.17. The Bertz CT molecular complexity index is 236. The largest absolute Gasteiger partial charge is 0.390 e. The summed E-state index contributed by atoms with van der Waals surface area (Å²) in [5, 5.41) is 15.3. The van der Waals surface area contributed by atoms with E-state index in [2.05, 4.69) is 26.1 Å². The molecule has 0 radical (unpaired) electrons. The summed E-state index contributed by atoms with van der Waals surface area (Å²) in [6, 6.07) is 0. The normalized spacial score (nSPS) is 10.5. The van der Waals surface area contributed by atoms with Gasteiger partial charge in [-0.05, 0) is 15.9 Å². The van der Waals surface area contributed by atoms with E-state index in [0.717, 1.165) is 10.2 Å². The van der Waals surface area contributed by atoms with Gasteiger partial charge in [0.1, 0.15) is 5.69 Å². The van der Waals surface area contributed by atoms with Crippen LogP contribution < -0.4 is 0 Å². The van der Waals surface area contributed by atoms with Gasteiger partial charge in [0, 0.05) is 7.11 Å². The molecule has 1 rings (SSSR count). The number of nitrogens with zero attached hydrogens (tertiary/aromatic N) is 1. The van der Waals surface area contributed by atoms with Gasteiger partial charge in [0.15, 0.2) is 0 Å². The Morgan fingerprint density at radius 1 is 1.73 bits per heavy atom. The molecule has 1 aromatic heterocycles. The Kier molecular flexibility index (Phi) is 3.04. The topological polar surface area (TPSA) is 58.1 Å². The van der Waals surface area contributed by atoms with E-state index in [1.165, 1.54) is 0 Å². The number of aliphatic hydroxyl groups excluding tert-OH is 1. The summed E-state index contributed by atoms with van der Waals surface area (Å²) in [6.45, 7) is 0.397. The number of H-pyrrole nitrogens is 1. The van der Waals surface area contributed by atoms with Gasteiger partial charge >= 0.3 is 0 Å². The Morgan fingerprint density at radius 3 is 2.91 bits per heavy atom. The minimum Gasteiger partial charge on any atom is -0.390 e. The van der Waals surface area contributed by atoms with Crippen LogP contribution in [0.4, 0.5) is 0 Å². The first-order chi connectivity index (χ1) is 5.29. The van der Waals surface area contributed by atoms with Gasteiger partial charge in [0.2, 0.25) is 0 Å². The smallest absolute Gasteiger partial charge is 0.102 e. The fraction of sp³-hybridized carbons (Fsp3) is 0.500. The summed E-state index contributed by atoms with van der Waals surface area (Å²) in [5.74, 6) is 0. The molecule has 11 heavy (non-hydrogen) atoms. The maximum atomic E-state index is 8.75. The van der Waals surface area contributed by atoms with Gasteiger partial charge in [-0.25, -0.2) is 0 Å². The molecule has 0 atom stereocenters. The zero-order valence-electron chi connectivity index (χ0n) is 6.09. The van der Waals surface area contributed by atoms with Crippen LogP contribution in [-0.2, 0) is 18.0 Å². The van der Waals surface area contributed by atoms with Crippen LogP contribution in [0.1, 0.15) is 11.4 Å². The van der Waals surface area contributed by atoms with Gasteiger partial charge in [-0.15, -0.1) is 0 Å². The van der Waals surface area contributed by atoms with Gasteiger partial charge in [-0.3, -0.25) is 5.10 Å². The Morgan fingerprint density at radius 2 is 2.45 bits per heavy atom. The number of hydrogen-bond donors (Lipinski definition) is 2. The molecule has 2 N–H and O–H groups in total. The highest BCUT2D eigenvalue weighted by atomic mass is 79.9. The number of aliphatic hydroxyl groups is 1. The average Bonchev–Trinajstić information content (AvgIpc) is 2.34. The number of methoxy groups -OCH3 is 1. The molecule has 4 nitrogen and oxygen atoms in total. The van der Waals surface area contributed by atoms with Crippen LogP contribution in [-0.4, -0.2) is 22.4 Å². The van der Waals surface area contributed by atoms with Crippen LogP contribution in [0, 0.1) is 0 Å². The van der Waals surface area contributed by atoms with Crippen LogP contribution in [0.5, 0.6) is 0 Å². The van der Waals surface area contributed by atoms with Gasteiger partial charge < -0.3 is 9.84 Å². The number of halogens is 1. The second-order valence-electron chi connectivity index (χ2n) is 2.05. The van der Waals surface area contributed by atoms with Gasteiger partial charge in [0.05, 0.1) is 23.4 Å². The van der Waals surface area contributed by atoms with Crippen molar-refractivity contribution >= 4 is 15.9 Å². The first kappa shape index (κ1) is 8.70. The second-order valence-corrected chi connectivity index (χ2v) is 2.85. The van der Waals surface area contributed by atoms with Crippen LogP contribution in [0.2, 0.25) is 0 Å². The molecule has 0 spiro atoms. The van der Waals surface area contributed by atoms with E-state index in [1.54, 1.807) is 7.11 Å². The molecule has 0 saturated carbocycles. The zero-order chi connectivity index (χ0) is 8.27. The summed E-state index contributed by atoms with van der Waals surface area (Å²) in [4.78, 5) is 0. The molecule has 0 fully saturated rings. The van der Waals surface area contributed by atoms with Crippen molar-refractivity contribution in [3.05, 3.63) is 15.9 Å². The molecule has 1 heterocycles. The highest BCUT2D eigenvalue weighted by Crippen LogP contribution is 2.19. The number of nitrogens with one attached hydrogen (secondary N) is 1. The van der Waals surface area contributed by atoms with Crippen LogP contribution in [0.3, 0.4) is 0 Å². The molecule has 0 aromatic carbocycles. The van der Waals surface area contributed by atoms with E-state index in [9.17, 15) is 0 Å². The van der Waals surface area contributed by atoms with E-state index in [4.69, 9.17) is 9.84 Å². The third kappa shape index (κ3) is 1.79. The van der Waals surface area contributed by atoms with E-state index in [0.29, 0.717) is 12.3 Å². The summed E-state index contributed by atoms with van der Waals surface area (Å²) in [5.41, 5.74) is 1.45. The molecule has 0 saturated heterocycles. The maximum Gasteiger partial charge on any atom is 0.102 e. The van der Waals surface area contributed by atoms with Crippen molar-refractivity contribution in [2.24, 2.45) is 0 Å². The summed E-state index contributed by atoms with van der Waals surface area (Å²) in [6.07, 6.45) is 0. The van der Waals surface area contributed by atoms with Crippen molar-refractivity contribution in [3.8, 4) is 0 Å². The first-order valence-electron chi connectivity index (χ1n) is 3.11. The molecule has 0 amide bonds. The van der Waals surface area contributed by atoms with E-state index < -0.39 is 0 Å². The summed E-state index contributed by atoms with van der Waals surface area (Å²) in [7, 11) is 1.60. The number of aromatic amines is 1. The molecular formula is C6H9BrN2O2. The highest BCUT2D eigenvalue weighted by molar-refractivity contribution is 9.10. The van der Waals surface area contributed by atoms with Gasteiger partial charge in [-0.2, -0.15) is 5.10 Å². The number of aromatic nitrogens is 2. The lowest BCUT2D eigenvalue weighted by Crippen LogP contribution is -1.88. The zero-order valence-corrected chi connectivity index (χ0v) is 7.68. The number of hydrogen-bond acceptors (Lipinski definition) is 3. The molecule has 0 bridgehead atoms. The lowest BCUT2D eigenvalue weighted by atomic mass is 10.4. The van der Waals surface area contributed by atoms with E-state index in [-0.39, 0.29) is 6.61 Å². The Labute approximate surface area is 72.7 Å². The molecule has 0 unspecified atom stereocenters. The van der Waals surface area contributed by atoms with Crippen molar-refractivity contribution in [2.45, 2.75) is 13.2 Å². The molecule has 0 aliphatic carbocycles. The second kappa shape index (κ2) is 3.85. The quantitative estimate of drug-likeness (QED) is 0.793. The van der Waals surface area contributed by atoms with Crippen molar-refractivity contribution in [3.63, 3.8) is 0 Å². The van der Waals surface area contributed by atoms with Gasteiger partial charge in [0.25, 0.3) is 0 Å². The van der Waals surface area contributed by atoms with Crippen molar-refractivity contribution < 1.29 is 9.84 Å². The van der Waals surface area contributed by atoms with Crippen molar-refractivity contribution in [2.75, 3.05) is 7.11 Å². The molecule has 0 aliphatic heterocycles. The molecular weight excluding hydrogens is 212 g/mol. The molecule has 0 aliphatic rings. The number of rotatable bonds is 3. The minimum atomic E-state index is -0.0687. The van der Waals surface area contributed by atoms with Crippen molar-refractivity contribution in [1.29, 1.82) is 0 Å². The average molecular weight is 221 g/mol. The molecule has 1 aromatic rings. The lowest BCUT2D eigenvalue weighted by molar-refractivity contribution is 0.181. The SMILES string of the molecule is COCc1[nH]nc(CO)c1Br. The molecule has 62 valence electrons. The van der Waals surface area contributed by atoms with E-state index >= 15 is 0 Å². The van der Waals surface area contributed by atoms with E-state index in [1.807, 2.05) is 0 Å². The standard InChI is InChI=1S/C6H9BrN2O2/c1-11-3-5-6(7)4(2-10)8-9-5/h10H,2-3H2,1H3,(H,8,9). The lowest BCUT2D eigenvalue weighted by Gasteiger charge is -1.94. The predicted molar refractivity (Wildman–Crippen MR) is 42.9 cm³/mol. The maximum absolute atomic E-state index is 8.75. The first-order valence-corrected chi connectivity index (χ1v) is 3.90. The minimum absolute atomic E-state index is 0.0687. The third-order valence-electron chi connectivity index (χ3n) is 1.28. The van der Waals surface area contributed by atoms with Crippen LogP contribution in [0.25, 0.3) is 0 Å². The summed E-state index contributed by atoms with van der Waals surface area (Å²) < 4.78 is 5.68. The number of ether oxygens (including phenoxy) is 1. The van der Waals surface area contributed by atoms with Gasteiger partial charge in [-0.1, -0.05) is 0 Å². The Hall–Kier alpha value is -0.390.